The van der Waals surface area contributed by atoms with Gasteiger partial charge in [0.05, 0.1) is 6.04 Å². The average molecular weight is 292 g/mol. The Morgan fingerprint density at radius 1 is 1.25 bits per heavy atom. The van der Waals surface area contributed by atoms with Gasteiger partial charge in [0.25, 0.3) is 0 Å². The molecule has 0 aliphatic carbocycles. The zero-order valence-electron chi connectivity index (χ0n) is 10.0. The number of alkyl carbamates (subject to hydrolysis) is 1. The van der Waals surface area contributed by atoms with Gasteiger partial charge in [-0.15, -0.1) is 0 Å². The van der Waals surface area contributed by atoms with E-state index in [0.717, 1.165) is 18.2 Å². The highest BCUT2D eigenvalue weighted by molar-refractivity contribution is 9.09. The quantitative estimate of drug-likeness (QED) is 0.548. The number of amides is 1. The Kier molecular flexibility index (Phi) is 6.85. The zero-order chi connectivity index (χ0) is 11.8. The van der Waals surface area contributed by atoms with Crippen LogP contribution in [0.1, 0.15) is 51.9 Å². The molecule has 0 aromatic carbocycles. The summed E-state index contributed by atoms with van der Waals surface area (Å²) >= 11 is 3.40. The number of cyclic esters (lactones) is 1. The molecule has 0 bridgehead atoms. The van der Waals surface area contributed by atoms with Gasteiger partial charge in [-0.3, -0.25) is 0 Å². The van der Waals surface area contributed by atoms with Crippen molar-refractivity contribution in [2.45, 2.75) is 64.0 Å². The summed E-state index contributed by atoms with van der Waals surface area (Å²) in [5, 5.41) is 3.78. The van der Waals surface area contributed by atoms with E-state index in [4.69, 9.17) is 4.74 Å². The van der Waals surface area contributed by atoms with Crippen molar-refractivity contribution in [3.63, 3.8) is 0 Å². The van der Waals surface area contributed by atoms with E-state index >= 15 is 0 Å². The van der Waals surface area contributed by atoms with Gasteiger partial charge < -0.3 is 10.1 Å². The van der Waals surface area contributed by atoms with E-state index in [1.165, 1.54) is 32.1 Å². The lowest BCUT2D eigenvalue weighted by Crippen LogP contribution is -2.31. The molecule has 1 N–H and O–H groups in total. The maximum atomic E-state index is 11.1. The van der Waals surface area contributed by atoms with Crippen LogP contribution < -0.4 is 5.32 Å². The number of hydrogen-bond donors (Lipinski definition) is 1. The van der Waals surface area contributed by atoms with Gasteiger partial charge >= 0.3 is 6.09 Å². The minimum atomic E-state index is -0.246. The van der Waals surface area contributed by atoms with Crippen molar-refractivity contribution in [1.82, 2.24) is 5.32 Å². The van der Waals surface area contributed by atoms with Gasteiger partial charge in [-0.1, -0.05) is 48.5 Å². The van der Waals surface area contributed by atoms with E-state index in [1.807, 2.05) is 0 Å². The number of hydrogen-bond acceptors (Lipinski definition) is 2. The molecule has 0 aromatic rings. The molecule has 1 aliphatic heterocycles. The fourth-order valence-electron chi connectivity index (χ4n) is 2.08. The van der Waals surface area contributed by atoms with Crippen molar-refractivity contribution in [3.05, 3.63) is 0 Å². The molecule has 0 unspecified atom stereocenters. The summed E-state index contributed by atoms with van der Waals surface area (Å²) in [4.78, 5) is 11.1. The Bertz CT molecular complexity index is 211. The van der Waals surface area contributed by atoms with E-state index < -0.39 is 0 Å². The van der Waals surface area contributed by atoms with Crippen LogP contribution in [0.3, 0.4) is 0 Å². The summed E-state index contributed by atoms with van der Waals surface area (Å²) in [7, 11) is 0. The lowest BCUT2D eigenvalue weighted by molar-refractivity contribution is 0.123. The third-order valence-electron chi connectivity index (χ3n) is 3.02. The number of halogens is 1. The molecule has 1 heterocycles. The van der Waals surface area contributed by atoms with Crippen LogP contribution in [0, 0.1) is 0 Å². The number of alkyl halides is 1. The second kappa shape index (κ2) is 7.93. The first-order valence-electron chi connectivity index (χ1n) is 6.31. The third-order valence-corrected chi connectivity index (χ3v) is 3.48. The number of carbonyl (C=O) groups excluding carboxylic acids is 1. The van der Waals surface area contributed by atoms with Gasteiger partial charge in [0.1, 0.15) is 6.10 Å². The lowest BCUT2D eigenvalue weighted by Gasteiger charge is -2.15. The first-order valence-corrected chi connectivity index (χ1v) is 7.43. The smallest absolute Gasteiger partial charge is 0.407 e. The predicted molar refractivity (Wildman–Crippen MR) is 69.0 cm³/mol. The highest BCUT2D eigenvalue weighted by Gasteiger charge is 2.32. The van der Waals surface area contributed by atoms with E-state index in [9.17, 15) is 4.79 Å². The highest BCUT2D eigenvalue weighted by atomic mass is 79.9. The summed E-state index contributed by atoms with van der Waals surface area (Å²) in [5.41, 5.74) is 0. The number of carbonyl (C=O) groups is 1. The second-order valence-electron chi connectivity index (χ2n) is 4.38. The Labute approximate surface area is 106 Å². The molecule has 16 heavy (non-hydrogen) atoms. The van der Waals surface area contributed by atoms with Gasteiger partial charge in [-0.25, -0.2) is 4.79 Å². The Morgan fingerprint density at radius 3 is 2.69 bits per heavy atom. The Morgan fingerprint density at radius 2 is 2.00 bits per heavy atom. The van der Waals surface area contributed by atoms with Crippen molar-refractivity contribution in [2.24, 2.45) is 0 Å². The largest absolute Gasteiger partial charge is 0.444 e. The second-order valence-corrected chi connectivity index (χ2v) is 5.17. The molecule has 1 rings (SSSR count). The van der Waals surface area contributed by atoms with Crippen LogP contribution in [0.2, 0.25) is 0 Å². The van der Waals surface area contributed by atoms with Crippen molar-refractivity contribution < 1.29 is 9.53 Å². The first kappa shape index (κ1) is 13.8. The van der Waals surface area contributed by atoms with Crippen LogP contribution in [0.4, 0.5) is 4.79 Å². The van der Waals surface area contributed by atoms with Crippen molar-refractivity contribution in [3.8, 4) is 0 Å². The molecular weight excluding hydrogens is 270 g/mol. The molecule has 0 radical (unpaired) electrons. The molecule has 3 nitrogen and oxygen atoms in total. The lowest BCUT2D eigenvalue weighted by atomic mass is 10.0. The van der Waals surface area contributed by atoms with Crippen molar-refractivity contribution >= 4 is 22.0 Å². The fraction of sp³-hybridized carbons (Fsp3) is 0.917. The molecular formula is C12H22BrNO2. The Hall–Kier alpha value is -0.250. The van der Waals surface area contributed by atoms with Crippen molar-refractivity contribution in [2.75, 3.05) is 5.33 Å². The zero-order valence-corrected chi connectivity index (χ0v) is 11.6. The van der Waals surface area contributed by atoms with E-state index in [-0.39, 0.29) is 18.2 Å². The van der Waals surface area contributed by atoms with Gasteiger partial charge in [-0.2, -0.15) is 0 Å². The van der Waals surface area contributed by atoms with Crippen molar-refractivity contribution in [1.29, 1.82) is 0 Å². The minimum absolute atomic E-state index is 0.0895. The van der Waals surface area contributed by atoms with Gasteiger partial charge in [0, 0.05) is 5.33 Å². The molecule has 2 atom stereocenters. The molecule has 1 amide bonds. The topological polar surface area (TPSA) is 38.3 Å². The van der Waals surface area contributed by atoms with Gasteiger partial charge in [-0.05, 0) is 19.3 Å². The molecule has 4 heteroatoms. The van der Waals surface area contributed by atoms with Crippen LogP contribution in [0.5, 0.6) is 0 Å². The molecule has 1 saturated heterocycles. The number of ether oxygens (including phenoxy) is 1. The SMILES string of the molecule is CCCCCCC[C@H]1OC(=O)N[C@H]1CCBr. The van der Waals surface area contributed by atoms with Crippen LogP contribution in [-0.4, -0.2) is 23.6 Å². The molecule has 94 valence electrons. The predicted octanol–water partition coefficient (Wildman–Crippen LogP) is 3.61. The normalized spacial score (nSPS) is 24.2. The van der Waals surface area contributed by atoms with Crippen LogP contribution in [0.15, 0.2) is 0 Å². The van der Waals surface area contributed by atoms with Crippen LogP contribution >= 0.6 is 15.9 Å². The first-order chi connectivity index (χ1) is 7.77. The van der Waals surface area contributed by atoms with E-state index in [1.54, 1.807) is 0 Å². The molecule has 0 saturated carbocycles. The van der Waals surface area contributed by atoms with Gasteiger partial charge in [0.2, 0.25) is 0 Å². The number of rotatable bonds is 8. The number of nitrogens with one attached hydrogen (secondary N) is 1. The molecule has 0 aromatic heterocycles. The van der Waals surface area contributed by atoms with Crippen LogP contribution in [0.25, 0.3) is 0 Å². The Balaban J connectivity index is 2.16. The summed E-state index contributed by atoms with van der Waals surface area (Å²) in [6.45, 7) is 2.22. The molecule has 1 fully saturated rings. The van der Waals surface area contributed by atoms with E-state index in [2.05, 4.69) is 28.2 Å². The minimum Gasteiger partial charge on any atom is -0.444 e. The maximum absolute atomic E-state index is 11.1. The monoisotopic (exact) mass is 291 g/mol. The van der Waals surface area contributed by atoms with E-state index in [0.29, 0.717) is 0 Å². The maximum Gasteiger partial charge on any atom is 0.407 e. The summed E-state index contributed by atoms with van der Waals surface area (Å²) in [5.74, 6) is 0. The average Bonchev–Trinajstić information content (AvgIpc) is 2.59. The molecule has 1 aliphatic rings. The molecule has 0 spiro atoms. The summed E-state index contributed by atoms with van der Waals surface area (Å²) < 4.78 is 5.26. The third kappa shape index (κ3) is 4.73. The fourth-order valence-corrected chi connectivity index (χ4v) is 2.58. The van der Waals surface area contributed by atoms with Gasteiger partial charge in [0.15, 0.2) is 0 Å². The summed E-state index contributed by atoms with van der Waals surface area (Å²) in [6, 6.07) is 0.207. The standard InChI is InChI=1S/C12H22BrNO2/c1-2-3-4-5-6-7-11-10(8-9-13)14-12(15)16-11/h10-11H,2-9H2,1H3,(H,14,15)/t10-,11+/m0/s1. The van der Waals surface area contributed by atoms with Crippen LogP contribution in [-0.2, 0) is 4.74 Å². The summed E-state index contributed by atoms with van der Waals surface area (Å²) in [6.07, 6.45) is 8.09. The highest BCUT2D eigenvalue weighted by Crippen LogP contribution is 2.19. The number of unbranched alkanes of at least 4 members (excludes halogenated alkanes) is 4.